The van der Waals surface area contributed by atoms with Gasteiger partial charge in [0.15, 0.2) is 0 Å². The van der Waals surface area contributed by atoms with E-state index in [-0.39, 0.29) is 0 Å². The number of likely N-dealkylation sites (N-methyl/N-ethyl adjacent to an activating group) is 1. The van der Waals surface area contributed by atoms with E-state index in [1.54, 1.807) is 0 Å². The molecule has 2 rings (SSSR count). The van der Waals surface area contributed by atoms with Gasteiger partial charge in [-0.3, -0.25) is 0 Å². The second-order valence-electron chi connectivity index (χ2n) is 4.67. The summed E-state index contributed by atoms with van der Waals surface area (Å²) in [5.74, 6) is 0.813. The maximum Gasteiger partial charge on any atom is 0.119 e. The number of aliphatic hydroxyl groups is 1. The molecule has 0 heterocycles. The van der Waals surface area contributed by atoms with Gasteiger partial charge in [-0.2, -0.15) is 0 Å². The fourth-order valence-corrected chi connectivity index (χ4v) is 1.93. The molecule has 0 aromatic heterocycles. The number of rotatable bonds is 7. The van der Waals surface area contributed by atoms with Crippen molar-refractivity contribution in [1.29, 1.82) is 0 Å². The summed E-state index contributed by atoms with van der Waals surface area (Å²) in [5, 5.41) is 13.1. The Labute approximate surface area is 120 Å². The van der Waals surface area contributed by atoms with E-state index < -0.39 is 6.10 Å². The average molecular weight is 271 g/mol. The molecule has 0 aliphatic rings. The van der Waals surface area contributed by atoms with Crippen LogP contribution in [0.2, 0.25) is 0 Å². The Balaban J connectivity index is 1.88. The maximum absolute atomic E-state index is 9.95. The molecule has 2 aromatic carbocycles. The zero-order chi connectivity index (χ0) is 14.2. The van der Waals surface area contributed by atoms with Gasteiger partial charge < -0.3 is 15.2 Å². The smallest absolute Gasteiger partial charge is 0.119 e. The first-order chi connectivity index (χ1) is 9.79. The highest BCUT2D eigenvalue weighted by Crippen LogP contribution is 2.18. The van der Waals surface area contributed by atoms with Crippen LogP contribution in [0.25, 0.3) is 0 Å². The molecule has 0 saturated carbocycles. The van der Waals surface area contributed by atoms with E-state index >= 15 is 0 Å². The highest BCUT2D eigenvalue weighted by molar-refractivity contribution is 5.29. The van der Waals surface area contributed by atoms with Crippen LogP contribution in [0.15, 0.2) is 54.6 Å². The van der Waals surface area contributed by atoms with Gasteiger partial charge in [-0.05, 0) is 29.8 Å². The Hall–Kier alpha value is -1.84. The van der Waals surface area contributed by atoms with E-state index in [9.17, 15) is 5.11 Å². The largest absolute Gasteiger partial charge is 0.489 e. The normalized spacial score (nSPS) is 12.1. The molecule has 0 spiro atoms. The molecule has 0 unspecified atom stereocenters. The van der Waals surface area contributed by atoms with Gasteiger partial charge in [-0.25, -0.2) is 0 Å². The topological polar surface area (TPSA) is 41.5 Å². The lowest BCUT2D eigenvalue weighted by molar-refractivity contribution is 0.175. The van der Waals surface area contributed by atoms with Crippen LogP contribution in [0.3, 0.4) is 0 Å². The van der Waals surface area contributed by atoms with Gasteiger partial charge in [0, 0.05) is 6.54 Å². The molecule has 3 heteroatoms. The Morgan fingerprint density at radius 1 is 1.05 bits per heavy atom. The molecule has 0 amide bonds. The van der Waals surface area contributed by atoms with Crippen molar-refractivity contribution < 1.29 is 9.84 Å². The highest BCUT2D eigenvalue weighted by Gasteiger charge is 2.06. The molecule has 0 aliphatic carbocycles. The third-order valence-corrected chi connectivity index (χ3v) is 3.10. The predicted octanol–water partition coefficient (Wildman–Crippen LogP) is 2.91. The summed E-state index contributed by atoms with van der Waals surface area (Å²) in [6.45, 7) is 4.00. The zero-order valence-corrected chi connectivity index (χ0v) is 11.8. The number of hydrogen-bond acceptors (Lipinski definition) is 3. The summed E-state index contributed by atoms with van der Waals surface area (Å²) >= 11 is 0. The van der Waals surface area contributed by atoms with Crippen LogP contribution < -0.4 is 10.1 Å². The highest BCUT2D eigenvalue weighted by atomic mass is 16.5. The number of aliphatic hydroxyl groups excluding tert-OH is 1. The van der Waals surface area contributed by atoms with E-state index in [2.05, 4.69) is 5.32 Å². The lowest BCUT2D eigenvalue weighted by atomic mass is 10.1. The van der Waals surface area contributed by atoms with Gasteiger partial charge in [0.05, 0.1) is 6.10 Å². The maximum atomic E-state index is 9.95. The molecule has 0 aliphatic heterocycles. The minimum Gasteiger partial charge on any atom is -0.489 e. The standard InChI is InChI=1S/C17H21NO2/c1-2-18-12-17(19)15-8-10-16(11-9-15)20-13-14-6-4-3-5-7-14/h3-11,17-19H,2,12-13H2,1H3/t17-/m0/s1. The molecule has 106 valence electrons. The Kier molecular flexibility index (Phi) is 5.59. The van der Waals surface area contributed by atoms with Crippen LogP contribution >= 0.6 is 0 Å². The number of ether oxygens (including phenoxy) is 1. The Morgan fingerprint density at radius 3 is 2.40 bits per heavy atom. The van der Waals surface area contributed by atoms with Gasteiger partial charge in [0.1, 0.15) is 12.4 Å². The molecule has 2 N–H and O–H groups in total. The van der Waals surface area contributed by atoms with Crippen LogP contribution in [-0.2, 0) is 6.61 Å². The quantitative estimate of drug-likeness (QED) is 0.813. The number of benzene rings is 2. The van der Waals surface area contributed by atoms with Crippen molar-refractivity contribution in [2.75, 3.05) is 13.1 Å². The molecule has 0 radical (unpaired) electrons. The summed E-state index contributed by atoms with van der Waals surface area (Å²) in [6.07, 6.45) is -0.474. The lowest BCUT2D eigenvalue weighted by Gasteiger charge is -2.12. The van der Waals surface area contributed by atoms with Crippen molar-refractivity contribution in [2.24, 2.45) is 0 Å². The van der Waals surface area contributed by atoms with Crippen molar-refractivity contribution in [3.8, 4) is 5.75 Å². The van der Waals surface area contributed by atoms with E-state index in [0.29, 0.717) is 13.2 Å². The monoisotopic (exact) mass is 271 g/mol. The first kappa shape index (κ1) is 14.6. The second-order valence-corrected chi connectivity index (χ2v) is 4.67. The van der Waals surface area contributed by atoms with Crippen LogP contribution in [0.4, 0.5) is 0 Å². The zero-order valence-electron chi connectivity index (χ0n) is 11.8. The summed E-state index contributed by atoms with van der Waals surface area (Å²) in [5.41, 5.74) is 2.04. The van der Waals surface area contributed by atoms with E-state index in [4.69, 9.17) is 4.74 Å². The molecule has 0 saturated heterocycles. The summed E-state index contributed by atoms with van der Waals surface area (Å²) in [7, 11) is 0. The fourth-order valence-electron chi connectivity index (χ4n) is 1.93. The van der Waals surface area contributed by atoms with Crippen LogP contribution in [-0.4, -0.2) is 18.2 Å². The summed E-state index contributed by atoms with van der Waals surface area (Å²) < 4.78 is 5.71. The minimum atomic E-state index is -0.474. The van der Waals surface area contributed by atoms with E-state index in [1.165, 1.54) is 0 Å². The molecule has 0 fully saturated rings. The first-order valence-electron chi connectivity index (χ1n) is 6.95. The van der Waals surface area contributed by atoms with E-state index in [0.717, 1.165) is 23.4 Å². The van der Waals surface area contributed by atoms with Crippen molar-refractivity contribution in [1.82, 2.24) is 5.32 Å². The first-order valence-corrected chi connectivity index (χ1v) is 6.95. The minimum absolute atomic E-state index is 0.474. The Bertz CT molecular complexity index is 496. The van der Waals surface area contributed by atoms with Crippen molar-refractivity contribution in [2.45, 2.75) is 19.6 Å². The van der Waals surface area contributed by atoms with Gasteiger partial charge in [0.25, 0.3) is 0 Å². The van der Waals surface area contributed by atoms with E-state index in [1.807, 2.05) is 61.5 Å². The Morgan fingerprint density at radius 2 is 1.75 bits per heavy atom. The van der Waals surface area contributed by atoms with Gasteiger partial charge in [-0.1, -0.05) is 49.4 Å². The van der Waals surface area contributed by atoms with Crippen molar-refractivity contribution >= 4 is 0 Å². The molecule has 1 atom stereocenters. The molecule has 20 heavy (non-hydrogen) atoms. The summed E-state index contributed by atoms with van der Waals surface area (Å²) in [4.78, 5) is 0. The number of nitrogens with one attached hydrogen (secondary N) is 1. The average Bonchev–Trinajstić information content (AvgIpc) is 2.52. The van der Waals surface area contributed by atoms with Crippen LogP contribution in [0.1, 0.15) is 24.2 Å². The van der Waals surface area contributed by atoms with Gasteiger partial charge in [-0.15, -0.1) is 0 Å². The molecular weight excluding hydrogens is 250 g/mol. The third-order valence-electron chi connectivity index (χ3n) is 3.10. The van der Waals surface area contributed by atoms with Crippen molar-refractivity contribution in [3.05, 3.63) is 65.7 Å². The number of hydrogen-bond donors (Lipinski definition) is 2. The second kappa shape index (κ2) is 7.68. The summed E-state index contributed by atoms with van der Waals surface area (Å²) in [6, 6.07) is 17.7. The van der Waals surface area contributed by atoms with Gasteiger partial charge >= 0.3 is 0 Å². The molecular formula is C17H21NO2. The SMILES string of the molecule is CCNC[C@H](O)c1ccc(OCc2ccccc2)cc1. The lowest BCUT2D eigenvalue weighted by Crippen LogP contribution is -2.20. The van der Waals surface area contributed by atoms with Crippen molar-refractivity contribution in [3.63, 3.8) is 0 Å². The molecule has 3 nitrogen and oxygen atoms in total. The molecule has 0 bridgehead atoms. The third kappa shape index (κ3) is 4.37. The molecule has 2 aromatic rings. The predicted molar refractivity (Wildman–Crippen MR) is 80.7 cm³/mol. The van der Waals surface area contributed by atoms with Crippen LogP contribution in [0, 0.1) is 0 Å². The van der Waals surface area contributed by atoms with Crippen LogP contribution in [0.5, 0.6) is 5.75 Å². The fraction of sp³-hybridized carbons (Fsp3) is 0.294. The van der Waals surface area contributed by atoms with Gasteiger partial charge in [0.2, 0.25) is 0 Å².